The van der Waals surface area contributed by atoms with Crippen molar-refractivity contribution in [1.82, 2.24) is 9.66 Å². The Hall–Kier alpha value is -0.990. The lowest BCUT2D eigenvalue weighted by Crippen LogP contribution is -2.63. The quantitative estimate of drug-likeness (QED) is 0.705. The van der Waals surface area contributed by atoms with Crippen LogP contribution in [0.25, 0.3) is 0 Å². The van der Waals surface area contributed by atoms with Crippen molar-refractivity contribution >= 4 is 0 Å². The molecule has 3 heteroatoms. The summed E-state index contributed by atoms with van der Waals surface area (Å²) in [5, 5.41) is 2.45. The Labute approximate surface area is 92.1 Å². The number of hydrogen-bond acceptors (Lipinski definition) is 2. The molecule has 15 heavy (non-hydrogen) atoms. The fourth-order valence-corrected chi connectivity index (χ4v) is 2.98. The second-order valence-electron chi connectivity index (χ2n) is 5.73. The first-order valence-electron chi connectivity index (χ1n) is 5.72. The lowest BCUT2D eigenvalue weighted by Gasteiger charge is -2.54. The van der Waals surface area contributed by atoms with E-state index in [0.717, 1.165) is 0 Å². The molecule has 0 saturated carbocycles. The van der Waals surface area contributed by atoms with Crippen LogP contribution in [0.5, 0.6) is 0 Å². The summed E-state index contributed by atoms with van der Waals surface area (Å²) in [5.74, 6) is 0. The van der Waals surface area contributed by atoms with Gasteiger partial charge in [0.1, 0.15) is 6.33 Å². The van der Waals surface area contributed by atoms with E-state index in [4.69, 9.17) is 0 Å². The minimum Gasteiger partial charge on any atom is -0.301 e. The predicted octanol–water partition coefficient (Wildman–Crippen LogP) is 2.56. The van der Waals surface area contributed by atoms with Gasteiger partial charge < -0.3 is 5.01 Å². The normalized spacial score (nSPS) is 24.1. The maximum absolute atomic E-state index is 4.15. The van der Waals surface area contributed by atoms with Gasteiger partial charge in [-0.15, -0.1) is 0 Å². The summed E-state index contributed by atoms with van der Waals surface area (Å²) in [6.07, 6.45) is 9.58. The highest BCUT2D eigenvalue weighted by atomic mass is 15.6. The summed E-state index contributed by atoms with van der Waals surface area (Å²) < 4.78 is 2.14. The minimum absolute atomic E-state index is 0.211. The summed E-state index contributed by atoms with van der Waals surface area (Å²) in [7, 11) is 0. The number of nitrogens with zero attached hydrogens (tertiary/aromatic N) is 3. The monoisotopic (exact) mass is 207 g/mol. The molecule has 2 rings (SSSR count). The van der Waals surface area contributed by atoms with Crippen molar-refractivity contribution in [3.63, 3.8) is 0 Å². The Morgan fingerprint density at radius 2 is 1.67 bits per heavy atom. The Morgan fingerprint density at radius 1 is 1.07 bits per heavy atom. The highest BCUT2D eigenvalue weighted by Gasteiger charge is 2.41. The molecule has 0 spiro atoms. The molecule has 0 atom stereocenters. The van der Waals surface area contributed by atoms with E-state index in [9.17, 15) is 0 Å². The van der Waals surface area contributed by atoms with Crippen molar-refractivity contribution in [3.05, 3.63) is 18.7 Å². The fourth-order valence-electron chi connectivity index (χ4n) is 2.98. The third-order valence-electron chi connectivity index (χ3n) is 3.45. The lowest BCUT2D eigenvalue weighted by molar-refractivity contribution is 0.184. The smallest absolute Gasteiger partial charge is 0.114 e. The van der Waals surface area contributed by atoms with Crippen LogP contribution in [0.2, 0.25) is 0 Å². The van der Waals surface area contributed by atoms with E-state index in [-0.39, 0.29) is 11.1 Å². The van der Waals surface area contributed by atoms with E-state index in [1.54, 1.807) is 0 Å². The van der Waals surface area contributed by atoms with Gasteiger partial charge in [-0.1, -0.05) is 0 Å². The van der Waals surface area contributed by atoms with Crippen molar-refractivity contribution in [2.45, 2.75) is 58.0 Å². The van der Waals surface area contributed by atoms with Gasteiger partial charge in [-0.2, -0.15) is 0 Å². The maximum Gasteiger partial charge on any atom is 0.114 e. The molecule has 1 aromatic heterocycles. The lowest BCUT2D eigenvalue weighted by atomic mass is 9.81. The van der Waals surface area contributed by atoms with Crippen LogP contribution in [0.3, 0.4) is 0 Å². The molecule has 84 valence electrons. The number of rotatable bonds is 1. The van der Waals surface area contributed by atoms with Gasteiger partial charge in [0.05, 0.1) is 11.1 Å². The van der Waals surface area contributed by atoms with Crippen molar-refractivity contribution in [1.29, 1.82) is 0 Å². The first kappa shape index (κ1) is 10.5. The van der Waals surface area contributed by atoms with Gasteiger partial charge in [-0.05, 0) is 47.0 Å². The second-order valence-corrected chi connectivity index (χ2v) is 5.73. The van der Waals surface area contributed by atoms with Gasteiger partial charge in [-0.3, -0.25) is 4.68 Å². The number of aromatic nitrogens is 2. The van der Waals surface area contributed by atoms with E-state index in [0.29, 0.717) is 0 Å². The van der Waals surface area contributed by atoms with E-state index >= 15 is 0 Å². The van der Waals surface area contributed by atoms with Crippen molar-refractivity contribution in [2.75, 3.05) is 5.01 Å². The molecule has 1 aliphatic heterocycles. The van der Waals surface area contributed by atoms with E-state index < -0.39 is 0 Å². The van der Waals surface area contributed by atoms with Crippen LogP contribution in [0.1, 0.15) is 47.0 Å². The van der Waals surface area contributed by atoms with Crippen LogP contribution in [-0.2, 0) is 0 Å². The molecule has 3 nitrogen and oxygen atoms in total. The highest BCUT2D eigenvalue weighted by Crippen LogP contribution is 2.36. The number of hydrogen-bond donors (Lipinski definition) is 0. The Balaban J connectivity index is 2.39. The molecule has 0 unspecified atom stereocenters. The zero-order valence-corrected chi connectivity index (χ0v) is 10.2. The van der Waals surface area contributed by atoms with Crippen LogP contribution in [0.15, 0.2) is 18.7 Å². The first-order chi connectivity index (χ1) is 6.93. The molecule has 0 aromatic carbocycles. The Kier molecular flexibility index (Phi) is 2.28. The highest BCUT2D eigenvalue weighted by molar-refractivity contribution is 5.14. The largest absolute Gasteiger partial charge is 0.301 e. The van der Waals surface area contributed by atoms with Gasteiger partial charge in [0.15, 0.2) is 0 Å². The Morgan fingerprint density at radius 3 is 2.13 bits per heavy atom. The third-order valence-corrected chi connectivity index (χ3v) is 3.45. The Bertz CT molecular complexity index is 309. The van der Waals surface area contributed by atoms with E-state index in [2.05, 4.69) is 42.4 Å². The molecule has 0 aliphatic carbocycles. The summed E-state index contributed by atoms with van der Waals surface area (Å²) in [6, 6.07) is 0. The second kappa shape index (κ2) is 3.26. The molecule has 0 bridgehead atoms. The summed E-state index contributed by atoms with van der Waals surface area (Å²) in [6.45, 7) is 9.25. The molecule has 0 radical (unpaired) electrons. The third kappa shape index (κ3) is 1.75. The molecule has 0 amide bonds. The minimum atomic E-state index is 0.211. The molecular formula is C12H21N3. The fraction of sp³-hybridized carbons (Fsp3) is 0.750. The zero-order chi connectivity index (χ0) is 11.1. The van der Waals surface area contributed by atoms with Crippen molar-refractivity contribution in [3.8, 4) is 0 Å². The van der Waals surface area contributed by atoms with E-state index in [1.165, 1.54) is 19.3 Å². The van der Waals surface area contributed by atoms with Crippen molar-refractivity contribution in [2.24, 2.45) is 0 Å². The molecule has 1 aliphatic rings. The topological polar surface area (TPSA) is 21.1 Å². The molecule has 1 fully saturated rings. The van der Waals surface area contributed by atoms with Gasteiger partial charge in [0.25, 0.3) is 0 Å². The van der Waals surface area contributed by atoms with Gasteiger partial charge >= 0.3 is 0 Å². The molecule has 2 heterocycles. The maximum atomic E-state index is 4.15. The SMILES string of the molecule is CC1(C)CCCC(C)(C)N1n1ccnc1. The summed E-state index contributed by atoms with van der Waals surface area (Å²) in [5.41, 5.74) is 0.422. The van der Waals surface area contributed by atoms with Crippen LogP contribution < -0.4 is 5.01 Å². The average molecular weight is 207 g/mol. The zero-order valence-electron chi connectivity index (χ0n) is 10.2. The predicted molar refractivity (Wildman–Crippen MR) is 62.5 cm³/mol. The molecule has 1 aromatic rings. The van der Waals surface area contributed by atoms with Gasteiger partial charge in [-0.25, -0.2) is 4.98 Å². The molecular weight excluding hydrogens is 186 g/mol. The molecule has 0 N–H and O–H groups in total. The van der Waals surface area contributed by atoms with Crippen LogP contribution in [0.4, 0.5) is 0 Å². The van der Waals surface area contributed by atoms with Crippen LogP contribution in [0, 0.1) is 0 Å². The standard InChI is InChI=1S/C12H21N3/c1-11(2)6-5-7-12(3,4)15(11)14-9-8-13-10-14/h8-10H,5-7H2,1-4H3. The average Bonchev–Trinajstić information content (AvgIpc) is 2.53. The number of imidazole rings is 1. The summed E-state index contributed by atoms with van der Waals surface area (Å²) in [4.78, 5) is 4.15. The van der Waals surface area contributed by atoms with E-state index in [1.807, 2.05) is 18.7 Å². The van der Waals surface area contributed by atoms with Crippen LogP contribution >= 0.6 is 0 Å². The first-order valence-corrected chi connectivity index (χ1v) is 5.72. The van der Waals surface area contributed by atoms with Crippen molar-refractivity contribution < 1.29 is 0 Å². The summed E-state index contributed by atoms with van der Waals surface area (Å²) >= 11 is 0. The number of piperidine rings is 1. The molecule has 1 saturated heterocycles. The van der Waals surface area contributed by atoms with Gasteiger partial charge in [0, 0.05) is 12.4 Å². The van der Waals surface area contributed by atoms with Crippen LogP contribution in [-0.4, -0.2) is 20.7 Å². The van der Waals surface area contributed by atoms with Gasteiger partial charge in [0.2, 0.25) is 0 Å².